The normalized spacial score (nSPS) is 39.1. The minimum Gasteiger partial charge on any atom is -0.411 e. The highest BCUT2D eigenvalue weighted by Gasteiger charge is 2.52. The topological polar surface area (TPSA) is 109 Å². The predicted molar refractivity (Wildman–Crippen MR) is 235 cm³/mol. The van der Waals surface area contributed by atoms with E-state index >= 15 is 0 Å². The molecule has 0 N–H and O–H groups in total. The van der Waals surface area contributed by atoms with Crippen LogP contribution < -0.4 is 0 Å². The minimum atomic E-state index is -2.27. The fraction of sp³-hybridized carbons (Fsp3) is 0.740. The number of hydrogen-bond acceptors (Lipinski definition) is 11. The third-order valence-electron chi connectivity index (χ3n) is 15.2. The molecule has 7 saturated heterocycles. The number of hydrogen-bond donors (Lipinski definition) is 0. The van der Waals surface area contributed by atoms with Crippen molar-refractivity contribution >= 4 is 14.1 Å². The zero-order valence-corrected chi connectivity index (χ0v) is 38.7. The van der Waals surface area contributed by atoms with E-state index in [-0.39, 0.29) is 96.3 Å². The van der Waals surface area contributed by atoms with Crippen LogP contribution in [0, 0.1) is 0 Å². The zero-order chi connectivity index (χ0) is 42.8. The second-order valence-electron chi connectivity index (χ2n) is 20.6. The van der Waals surface area contributed by atoms with Crippen LogP contribution in [0.15, 0.2) is 60.7 Å². The average Bonchev–Trinajstić information content (AvgIpc) is 3.42. The molecule has 0 bridgehead atoms. The summed E-state index contributed by atoms with van der Waals surface area (Å²) in [5.41, 5.74) is 2.22. The van der Waals surface area contributed by atoms with Crippen LogP contribution in [0.1, 0.15) is 109 Å². The van der Waals surface area contributed by atoms with Gasteiger partial charge in [-0.1, -0.05) is 81.4 Å². The molecule has 0 aromatic heterocycles. The minimum absolute atomic E-state index is 0.0116. The van der Waals surface area contributed by atoms with Crippen LogP contribution >= 0.6 is 0 Å². The highest BCUT2D eigenvalue weighted by Crippen LogP contribution is 2.44. The van der Waals surface area contributed by atoms with Crippen LogP contribution in [-0.2, 0) is 65.1 Å². The molecule has 0 radical (unpaired) electrons. The molecule has 7 fully saturated rings. The summed E-state index contributed by atoms with van der Waals surface area (Å²) < 4.78 is 67.9. The van der Waals surface area contributed by atoms with Crippen LogP contribution in [0.5, 0.6) is 0 Å². The van der Waals surface area contributed by atoms with Gasteiger partial charge in [0.05, 0.1) is 99.2 Å². The number of rotatable bonds is 11. The lowest BCUT2D eigenvalue weighted by Crippen LogP contribution is -2.60. The van der Waals surface area contributed by atoms with E-state index in [9.17, 15) is 4.79 Å². The van der Waals surface area contributed by atoms with Crippen molar-refractivity contribution < 1.29 is 51.9 Å². The van der Waals surface area contributed by atoms with E-state index in [1.807, 2.05) is 36.4 Å². The molecule has 0 saturated carbocycles. The van der Waals surface area contributed by atoms with E-state index in [0.29, 0.717) is 51.9 Å². The number of benzene rings is 2. The van der Waals surface area contributed by atoms with Crippen molar-refractivity contribution in [2.24, 2.45) is 0 Å². The fourth-order valence-corrected chi connectivity index (χ4v) is 12.1. The summed E-state index contributed by atoms with van der Waals surface area (Å²) in [4.78, 5) is 14.2. The molecule has 7 heterocycles. The maximum absolute atomic E-state index is 14.2. The predicted octanol–water partition coefficient (Wildman–Crippen LogP) is 8.43. The quantitative estimate of drug-likeness (QED) is 0.203. The fourth-order valence-electron chi connectivity index (χ4n) is 10.7. The molecule has 12 heteroatoms. The molecule has 342 valence electrons. The second-order valence-corrected chi connectivity index (χ2v) is 25.4. The Labute approximate surface area is 370 Å². The molecule has 15 atom stereocenters. The first kappa shape index (κ1) is 45.1. The number of ether oxygens (including phenoxy) is 9. The first-order chi connectivity index (χ1) is 30.0. The molecule has 11 nitrogen and oxygen atoms in total. The van der Waals surface area contributed by atoms with Gasteiger partial charge >= 0.3 is 0 Å². The summed E-state index contributed by atoms with van der Waals surface area (Å²) in [6.45, 7) is 13.5. The highest BCUT2D eigenvalue weighted by molar-refractivity contribution is 6.74. The summed E-state index contributed by atoms with van der Waals surface area (Å²) >= 11 is 0. The molecule has 2 aromatic rings. The molecule has 0 aliphatic carbocycles. The zero-order valence-electron chi connectivity index (χ0n) is 37.7. The molecule has 0 unspecified atom stereocenters. The van der Waals surface area contributed by atoms with Crippen molar-refractivity contribution in [3.63, 3.8) is 0 Å². The van der Waals surface area contributed by atoms with Gasteiger partial charge in [-0.05, 0) is 67.8 Å². The van der Waals surface area contributed by atoms with Gasteiger partial charge in [-0.2, -0.15) is 0 Å². The second kappa shape index (κ2) is 19.8. The molecule has 0 amide bonds. The van der Waals surface area contributed by atoms with E-state index in [4.69, 9.17) is 47.1 Å². The number of fused-ring (bicyclic) bond motifs is 5. The Balaban J connectivity index is 0.911. The van der Waals surface area contributed by atoms with Gasteiger partial charge in [0.1, 0.15) is 12.2 Å². The molecule has 9 rings (SSSR count). The van der Waals surface area contributed by atoms with Gasteiger partial charge in [-0.15, -0.1) is 0 Å². The summed E-state index contributed by atoms with van der Waals surface area (Å²) in [6.07, 6.45) is 6.79. The third-order valence-corrected chi connectivity index (χ3v) is 19.7. The van der Waals surface area contributed by atoms with Crippen molar-refractivity contribution in [2.45, 2.75) is 221 Å². The monoisotopic (exact) mass is 876 g/mol. The Bertz CT molecular complexity index is 1740. The number of carbonyl (C=O) groups is 1. The highest BCUT2D eigenvalue weighted by atomic mass is 28.4. The SMILES string of the molecule is CC(C)(C)[Si](C)(C)O[C@@H]1C[C@@H]2O[C@H](COCc3ccccc3)[C@@H](OCc3ccccc3)C[C@H]2O[C@H]1C[C@H]1O[C@H]2C[C@H]3O[C@H]4C[C@H]5OCCC[C@@H]5O[C@@H]4CC[C@@H]3O[C@@H]2CCCC1=O. The number of carbonyl (C=O) groups excluding carboxylic acids is 1. The summed E-state index contributed by atoms with van der Waals surface area (Å²) in [5, 5.41) is -0.0210. The smallest absolute Gasteiger partial charge is 0.192 e. The van der Waals surface area contributed by atoms with Gasteiger partial charge in [0.25, 0.3) is 0 Å². The van der Waals surface area contributed by atoms with Gasteiger partial charge in [0.2, 0.25) is 0 Å². The molecule has 7 aliphatic rings. The lowest BCUT2D eigenvalue weighted by molar-refractivity contribution is -0.264. The molecule has 0 spiro atoms. The summed E-state index contributed by atoms with van der Waals surface area (Å²) in [5.74, 6) is 0.130. The standard InChI is InChI=1S/C50H72O11Si/c1-50(2,3)62(4,5)61-48-28-46-45(26-41(54-30-33-16-10-7-11-17-33)49(60-46)31-52-29-32-14-8-6-9-15-32)59-47(48)24-39-34(51)18-12-19-36-43(57-39)27-44-38(56-36)22-21-37-42(58-44)25-40-35(55-37)20-13-23-53-40/h6-11,14-17,35-49H,12-13,18-31H2,1-5H3/t35-,36+,37+,38-,39+,40+,41-,42-,43-,44+,45+,46-,47-,48+,49+/m0/s1. The Morgan fingerprint density at radius 1 is 0.597 bits per heavy atom. The first-order valence-electron chi connectivity index (χ1n) is 24.0. The van der Waals surface area contributed by atoms with Gasteiger partial charge in [-0.25, -0.2) is 0 Å². The van der Waals surface area contributed by atoms with Crippen molar-refractivity contribution in [1.82, 2.24) is 0 Å². The Kier molecular flexibility index (Phi) is 14.4. The molecule has 62 heavy (non-hydrogen) atoms. The van der Waals surface area contributed by atoms with E-state index in [1.54, 1.807) is 0 Å². The van der Waals surface area contributed by atoms with Crippen LogP contribution in [0.4, 0.5) is 0 Å². The molecular formula is C50H72O11Si. The lowest BCUT2D eigenvalue weighted by Gasteiger charge is -2.51. The molecular weight excluding hydrogens is 805 g/mol. The van der Waals surface area contributed by atoms with E-state index in [0.717, 1.165) is 62.7 Å². The summed E-state index contributed by atoms with van der Waals surface area (Å²) in [7, 11) is -2.27. The van der Waals surface area contributed by atoms with Gasteiger partial charge in [0, 0.05) is 45.1 Å². The number of Topliss-reactive ketones (excluding diaryl/α,β-unsaturated/α-hetero) is 1. The number of ketones is 1. The van der Waals surface area contributed by atoms with Crippen LogP contribution in [0.25, 0.3) is 0 Å². The summed E-state index contributed by atoms with van der Waals surface area (Å²) in [6, 6.07) is 20.5. The third kappa shape index (κ3) is 10.6. The molecule has 7 aliphatic heterocycles. The van der Waals surface area contributed by atoms with Crippen molar-refractivity contribution in [1.29, 1.82) is 0 Å². The van der Waals surface area contributed by atoms with Gasteiger partial charge in [-0.3, -0.25) is 4.79 Å². The van der Waals surface area contributed by atoms with E-state index in [1.165, 1.54) is 0 Å². The molecule has 2 aromatic carbocycles. The largest absolute Gasteiger partial charge is 0.411 e. The van der Waals surface area contributed by atoms with E-state index < -0.39 is 14.4 Å². The first-order valence-corrected chi connectivity index (χ1v) is 26.9. The van der Waals surface area contributed by atoms with Crippen molar-refractivity contribution in [3.05, 3.63) is 71.8 Å². The Hall–Kier alpha value is -2.07. The van der Waals surface area contributed by atoms with Crippen molar-refractivity contribution in [3.8, 4) is 0 Å². The van der Waals surface area contributed by atoms with Crippen LogP contribution in [-0.4, -0.2) is 119 Å². The van der Waals surface area contributed by atoms with Crippen LogP contribution in [0.2, 0.25) is 18.1 Å². The maximum atomic E-state index is 14.2. The maximum Gasteiger partial charge on any atom is 0.192 e. The average molecular weight is 877 g/mol. The van der Waals surface area contributed by atoms with Gasteiger partial charge in [0.15, 0.2) is 14.1 Å². The lowest BCUT2D eigenvalue weighted by atomic mass is 9.87. The Morgan fingerprint density at radius 2 is 1.15 bits per heavy atom. The van der Waals surface area contributed by atoms with Crippen molar-refractivity contribution in [2.75, 3.05) is 13.2 Å². The Morgan fingerprint density at radius 3 is 1.84 bits per heavy atom. The van der Waals surface area contributed by atoms with Crippen LogP contribution in [0.3, 0.4) is 0 Å². The van der Waals surface area contributed by atoms with E-state index in [2.05, 4.69) is 58.1 Å². The van der Waals surface area contributed by atoms with Gasteiger partial charge < -0.3 is 47.1 Å².